The molecule has 2 aliphatic carbocycles. The van der Waals surface area contributed by atoms with Gasteiger partial charge in [0.1, 0.15) is 6.10 Å². The predicted molar refractivity (Wildman–Crippen MR) is 139 cm³/mol. The van der Waals surface area contributed by atoms with Gasteiger partial charge >= 0.3 is 0 Å². The molecule has 2 aromatic carbocycles. The number of piperidine rings is 1. The minimum atomic E-state index is -0.997. The van der Waals surface area contributed by atoms with Crippen LogP contribution in [0.4, 0.5) is 0 Å². The molecule has 2 aromatic rings. The first-order valence-electron chi connectivity index (χ1n) is 12.9. The van der Waals surface area contributed by atoms with E-state index in [4.69, 9.17) is 4.74 Å². The van der Waals surface area contributed by atoms with Crippen LogP contribution in [0.1, 0.15) is 41.5 Å². The minimum Gasteiger partial charge on any atom is -0.504 e. The Hall–Kier alpha value is -3.09. The molecule has 36 heavy (non-hydrogen) atoms. The normalized spacial score (nSPS) is 32.1. The molecule has 2 N–H and O–H groups in total. The summed E-state index contributed by atoms with van der Waals surface area (Å²) in [7, 11) is 1.83. The van der Waals surface area contributed by atoms with Crippen LogP contribution in [0.5, 0.6) is 11.5 Å². The van der Waals surface area contributed by atoms with Gasteiger partial charge in [0.25, 0.3) is 0 Å². The molecule has 188 valence electrons. The number of hydrogen-bond donors (Lipinski definition) is 2. The van der Waals surface area contributed by atoms with Crippen LogP contribution < -0.4 is 4.74 Å². The third-order valence-corrected chi connectivity index (χ3v) is 9.25. The number of hydrogen-bond acceptors (Lipinski definition) is 5. The van der Waals surface area contributed by atoms with E-state index in [0.29, 0.717) is 31.4 Å². The number of likely N-dealkylation sites (tertiary alicyclic amines) is 1. The number of likely N-dealkylation sites (N-methyl/N-ethyl adjacent to an activating group) is 1. The van der Waals surface area contributed by atoms with Gasteiger partial charge in [0, 0.05) is 31.3 Å². The largest absolute Gasteiger partial charge is 0.504 e. The number of phenols is 1. The summed E-state index contributed by atoms with van der Waals surface area (Å²) in [6.07, 6.45) is 7.56. The van der Waals surface area contributed by atoms with Crippen molar-refractivity contribution in [2.24, 2.45) is 0 Å². The number of rotatable bonds is 5. The summed E-state index contributed by atoms with van der Waals surface area (Å²) in [5, 5.41) is 23.2. The van der Waals surface area contributed by atoms with Crippen molar-refractivity contribution in [2.45, 2.75) is 61.8 Å². The first kappa shape index (κ1) is 23.3. The standard InChI is InChI=1S/C30H34N2O4/c1-4-16-32-17-15-29-26-21-10-11-23(33)27(26)36-28(29)22(13-14-30(29,35)24(32)18-21)31(3)25(34)12-9-20-7-5-19(2)6-8-20/h4-12,22,24,28,33,35H,1,13-18H2,2-3H3/t22-,24+,28-,29-,30+/m0/s1. The summed E-state index contributed by atoms with van der Waals surface area (Å²) < 4.78 is 6.56. The molecule has 2 fully saturated rings. The topological polar surface area (TPSA) is 73.2 Å². The van der Waals surface area contributed by atoms with Crippen molar-refractivity contribution in [1.29, 1.82) is 0 Å². The van der Waals surface area contributed by atoms with Gasteiger partial charge in [-0.05, 0) is 62.4 Å². The lowest BCUT2D eigenvalue weighted by molar-refractivity contribution is -0.198. The first-order chi connectivity index (χ1) is 17.3. The molecule has 0 radical (unpaired) electrons. The number of aliphatic hydroxyl groups is 1. The van der Waals surface area contributed by atoms with Crippen molar-refractivity contribution in [2.75, 3.05) is 20.1 Å². The molecule has 0 aromatic heterocycles. The van der Waals surface area contributed by atoms with E-state index >= 15 is 0 Å². The zero-order chi connectivity index (χ0) is 25.2. The van der Waals surface area contributed by atoms with Gasteiger partial charge in [0.15, 0.2) is 11.5 Å². The molecule has 5 atom stereocenters. The van der Waals surface area contributed by atoms with Crippen molar-refractivity contribution in [3.05, 3.63) is 77.4 Å². The highest BCUT2D eigenvalue weighted by molar-refractivity contribution is 5.92. The molecule has 6 nitrogen and oxygen atoms in total. The smallest absolute Gasteiger partial charge is 0.246 e. The second-order valence-corrected chi connectivity index (χ2v) is 10.9. The third kappa shape index (κ3) is 3.07. The van der Waals surface area contributed by atoms with Crippen LogP contribution >= 0.6 is 0 Å². The Morgan fingerprint density at radius 3 is 2.78 bits per heavy atom. The number of amides is 1. The second kappa shape index (κ2) is 8.22. The summed E-state index contributed by atoms with van der Waals surface area (Å²) in [6.45, 7) is 7.50. The quantitative estimate of drug-likeness (QED) is 0.499. The van der Waals surface area contributed by atoms with E-state index in [1.54, 1.807) is 17.0 Å². The van der Waals surface area contributed by atoms with Gasteiger partial charge in [-0.3, -0.25) is 9.69 Å². The highest BCUT2D eigenvalue weighted by Crippen LogP contribution is 2.65. The highest BCUT2D eigenvalue weighted by Gasteiger charge is 2.73. The maximum atomic E-state index is 13.3. The number of carbonyl (C=O) groups excluding carboxylic acids is 1. The summed E-state index contributed by atoms with van der Waals surface area (Å²) >= 11 is 0. The lowest BCUT2D eigenvalue weighted by Crippen LogP contribution is -2.78. The highest BCUT2D eigenvalue weighted by atomic mass is 16.5. The molecule has 1 amide bonds. The van der Waals surface area contributed by atoms with Gasteiger partial charge < -0.3 is 19.8 Å². The lowest BCUT2D eigenvalue weighted by Gasteiger charge is -2.64. The zero-order valence-corrected chi connectivity index (χ0v) is 21.0. The Bertz CT molecular complexity index is 1250. The van der Waals surface area contributed by atoms with E-state index < -0.39 is 17.1 Å². The maximum Gasteiger partial charge on any atom is 0.246 e. The van der Waals surface area contributed by atoms with Crippen molar-refractivity contribution in [3.8, 4) is 11.5 Å². The number of nitrogens with zero attached hydrogens (tertiary/aromatic N) is 2. The van der Waals surface area contributed by atoms with Crippen LogP contribution in [0.2, 0.25) is 0 Å². The predicted octanol–water partition coefficient (Wildman–Crippen LogP) is 3.58. The van der Waals surface area contributed by atoms with Gasteiger partial charge in [-0.1, -0.05) is 42.0 Å². The summed E-state index contributed by atoms with van der Waals surface area (Å²) in [6, 6.07) is 11.5. The number of aryl methyl sites for hydroxylation is 1. The van der Waals surface area contributed by atoms with E-state index in [0.717, 1.165) is 29.8 Å². The fourth-order valence-corrected chi connectivity index (χ4v) is 7.51. The van der Waals surface area contributed by atoms with Crippen molar-refractivity contribution < 1.29 is 19.7 Å². The SMILES string of the molecule is C=CCN1CC[C@]23c4c5ccc(O)c4O[C@H]2[C@@H](N(C)C(=O)C=Cc2ccc(C)cc2)CC[C@@]3(O)[C@H]1C5. The molecule has 2 bridgehead atoms. The summed E-state index contributed by atoms with van der Waals surface area (Å²) in [5.74, 6) is 0.510. The fourth-order valence-electron chi connectivity index (χ4n) is 7.51. The Morgan fingerprint density at radius 2 is 2.03 bits per heavy atom. The molecule has 0 unspecified atom stereocenters. The average molecular weight is 487 g/mol. The van der Waals surface area contributed by atoms with E-state index in [1.165, 1.54) is 5.56 Å². The Labute approximate surface area is 212 Å². The molecular weight excluding hydrogens is 452 g/mol. The number of ether oxygens (including phenoxy) is 1. The minimum absolute atomic E-state index is 0.0540. The fraction of sp³-hybridized carbons (Fsp3) is 0.433. The van der Waals surface area contributed by atoms with E-state index in [9.17, 15) is 15.0 Å². The van der Waals surface area contributed by atoms with Crippen LogP contribution in [0.15, 0.2) is 55.1 Å². The molecule has 4 aliphatic rings. The molecule has 6 rings (SSSR count). The molecule has 1 saturated heterocycles. The van der Waals surface area contributed by atoms with Crippen molar-refractivity contribution in [1.82, 2.24) is 9.80 Å². The van der Waals surface area contributed by atoms with Crippen LogP contribution in [0.25, 0.3) is 6.08 Å². The van der Waals surface area contributed by atoms with Gasteiger partial charge in [-0.15, -0.1) is 6.58 Å². The molecule has 1 spiro atoms. The Morgan fingerprint density at radius 1 is 1.25 bits per heavy atom. The first-order valence-corrected chi connectivity index (χ1v) is 12.9. The lowest BCUT2D eigenvalue weighted by atomic mass is 9.48. The second-order valence-electron chi connectivity index (χ2n) is 10.9. The molecule has 6 heteroatoms. The number of aromatic hydroxyl groups is 1. The zero-order valence-electron chi connectivity index (χ0n) is 21.0. The maximum absolute atomic E-state index is 13.3. The van der Waals surface area contributed by atoms with Crippen LogP contribution in [0.3, 0.4) is 0 Å². The molecular formula is C30H34N2O4. The van der Waals surface area contributed by atoms with Gasteiger partial charge in [-0.2, -0.15) is 0 Å². The Balaban J connectivity index is 1.37. The monoisotopic (exact) mass is 486 g/mol. The molecule has 2 aliphatic heterocycles. The van der Waals surface area contributed by atoms with Crippen molar-refractivity contribution in [3.63, 3.8) is 0 Å². The van der Waals surface area contributed by atoms with Crippen LogP contribution in [-0.2, 0) is 16.6 Å². The average Bonchev–Trinajstić information content (AvgIpc) is 3.22. The van der Waals surface area contributed by atoms with Gasteiger partial charge in [0.05, 0.1) is 17.1 Å². The van der Waals surface area contributed by atoms with E-state index in [1.807, 2.05) is 56.5 Å². The third-order valence-electron chi connectivity index (χ3n) is 9.25. The molecule has 2 heterocycles. The number of benzene rings is 2. The van der Waals surface area contributed by atoms with Crippen LogP contribution in [-0.4, -0.2) is 69.8 Å². The summed E-state index contributed by atoms with van der Waals surface area (Å²) in [4.78, 5) is 17.4. The Kier molecular flexibility index (Phi) is 5.32. The van der Waals surface area contributed by atoms with E-state index in [2.05, 4.69) is 11.5 Å². The molecule has 1 saturated carbocycles. The van der Waals surface area contributed by atoms with E-state index in [-0.39, 0.29) is 23.7 Å². The number of phenolic OH excluding ortho intramolecular Hbond substituents is 1. The summed E-state index contributed by atoms with van der Waals surface area (Å²) in [5.41, 5.74) is 2.59. The van der Waals surface area contributed by atoms with Crippen molar-refractivity contribution >= 4 is 12.0 Å². The number of carbonyl (C=O) groups is 1. The van der Waals surface area contributed by atoms with Crippen LogP contribution in [0, 0.1) is 6.92 Å². The van der Waals surface area contributed by atoms with Gasteiger partial charge in [-0.25, -0.2) is 0 Å². The van der Waals surface area contributed by atoms with Gasteiger partial charge in [0.2, 0.25) is 5.91 Å².